The summed E-state index contributed by atoms with van der Waals surface area (Å²) < 4.78 is 0. The highest BCUT2D eigenvalue weighted by molar-refractivity contribution is 7.16. The lowest BCUT2D eigenvalue weighted by Gasteiger charge is -2.28. The number of thiophene rings is 1. The summed E-state index contributed by atoms with van der Waals surface area (Å²) in [5.41, 5.74) is 3.17. The monoisotopic (exact) mass is 516 g/mol. The molecule has 0 bridgehead atoms. The number of nitrogens with one attached hydrogen (secondary N) is 2. The van der Waals surface area contributed by atoms with E-state index in [9.17, 15) is 9.59 Å². The molecule has 2 fully saturated rings. The highest BCUT2D eigenvalue weighted by Crippen LogP contribution is 2.37. The third kappa shape index (κ3) is 6.58. The molecule has 0 radical (unpaired) electrons. The zero-order valence-corrected chi connectivity index (χ0v) is 22.3. The molecule has 3 aromatic rings. The number of hydrogen-bond acceptors (Lipinski definition) is 5. The van der Waals surface area contributed by atoms with E-state index in [0.29, 0.717) is 5.92 Å². The summed E-state index contributed by atoms with van der Waals surface area (Å²) >= 11 is 1.59. The molecule has 0 unspecified atom stereocenters. The molecule has 2 atom stereocenters. The van der Waals surface area contributed by atoms with Gasteiger partial charge in [0.15, 0.2) is 0 Å². The van der Waals surface area contributed by atoms with Crippen LogP contribution in [-0.2, 0) is 16.0 Å². The van der Waals surface area contributed by atoms with E-state index in [1.165, 1.54) is 18.4 Å². The molecule has 0 spiro atoms. The maximum Gasteiger partial charge on any atom is 0.243 e. The number of rotatable bonds is 12. The summed E-state index contributed by atoms with van der Waals surface area (Å²) in [6, 6.07) is 18.3. The van der Waals surface area contributed by atoms with Crippen LogP contribution in [0, 0.1) is 12.8 Å². The summed E-state index contributed by atoms with van der Waals surface area (Å²) in [5, 5.41) is 7.67. The molecule has 2 aliphatic rings. The van der Waals surface area contributed by atoms with E-state index >= 15 is 0 Å². The minimum Gasteiger partial charge on any atom is -0.376 e. The maximum atomic E-state index is 13.3. The first-order chi connectivity index (χ1) is 18.1. The second kappa shape index (κ2) is 11.9. The van der Waals surface area contributed by atoms with Crippen molar-refractivity contribution in [1.82, 2.24) is 10.3 Å². The number of amides is 2. The lowest BCUT2D eigenvalue weighted by atomic mass is 9.97. The Kier molecular flexibility index (Phi) is 8.19. The molecular formula is C30H36N4O2S. The third-order valence-electron chi connectivity index (χ3n) is 7.54. The predicted molar refractivity (Wildman–Crippen MR) is 150 cm³/mol. The topological polar surface area (TPSA) is 74.3 Å². The molecule has 2 saturated carbocycles. The van der Waals surface area contributed by atoms with Gasteiger partial charge in [0.1, 0.15) is 6.04 Å². The standard InChI is InChI=1S/C30H36N4O2S/c1-21-25(12-7-17-31-21)33-26(18-22-8-3-2-4-9-22)28-15-16-29(37-28)34(20-35)27(19-23-10-5-6-11-23)30(36)32-24-13-14-24/h2-4,7-9,12,15-17,20,23-24,26-27,33H,5-6,10-11,13-14,18-19H2,1H3,(H,32,36)/t26-,27-/m0/s1. The molecule has 0 saturated heterocycles. The predicted octanol–water partition coefficient (Wildman–Crippen LogP) is 6.04. The van der Waals surface area contributed by atoms with Crippen LogP contribution in [-0.4, -0.2) is 29.4 Å². The first kappa shape index (κ1) is 25.5. The van der Waals surface area contributed by atoms with Gasteiger partial charge >= 0.3 is 0 Å². The highest BCUT2D eigenvalue weighted by atomic mass is 32.1. The van der Waals surface area contributed by atoms with Gasteiger partial charge in [-0.3, -0.25) is 19.5 Å². The summed E-state index contributed by atoms with van der Waals surface area (Å²) in [4.78, 5) is 33.0. The smallest absolute Gasteiger partial charge is 0.243 e. The van der Waals surface area contributed by atoms with Crippen molar-refractivity contribution in [2.45, 2.75) is 76.4 Å². The number of benzene rings is 1. The molecule has 0 aliphatic heterocycles. The number of carbonyl (C=O) groups is 2. The van der Waals surface area contributed by atoms with Crippen LogP contribution in [0.2, 0.25) is 0 Å². The summed E-state index contributed by atoms with van der Waals surface area (Å²) in [6.45, 7) is 2.00. The Morgan fingerprint density at radius 3 is 2.57 bits per heavy atom. The zero-order valence-electron chi connectivity index (χ0n) is 21.4. The molecule has 194 valence electrons. The number of carbonyl (C=O) groups excluding carboxylic acids is 2. The van der Waals surface area contributed by atoms with Gasteiger partial charge < -0.3 is 10.6 Å². The molecule has 2 aromatic heterocycles. The van der Waals surface area contributed by atoms with Crippen LogP contribution in [0.1, 0.15) is 67.1 Å². The second-order valence-corrected chi connectivity index (χ2v) is 11.5. The lowest BCUT2D eigenvalue weighted by molar-refractivity contribution is -0.124. The van der Waals surface area contributed by atoms with Gasteiger partial charge in [-0.2, -0.15) is 0 Å². The third-order valence-corrected chi connectivity index (χ3v) is 8.75. The second-order valence-electron chi connectivity index (χ2n) is 10.4. The van der Waals surface area contributed by atoms with E-state index in [4.69, 9.17) is 0 Å². The van der Waals surface area contributed by atoms with Gasteiger partial charge in [0.25, 0.3) is 0 Å². The zero-order chi connectivity index (χ0) is 25.6. The Bertz CT molecular complexity index is 1190. The molecule has 2 aliphatic carbocycles. The molecule has 7 heteroatoms. The van der Waals surface area contributed by atoms with Crippen molar-refractivity contribution in [2.75, 3.05) is 10.2 Å². The average molecular weight is 517 g/mol. The Labute approximate surface area is 223 Å². The number of aryl methyl sites for hydroxylation is 1. The van der Waals surface area contributed by atoms with E-state index < -0.39 is 6.04 Å². The maximum absolute atomic E-state index is 13.3. The number of nitrogens with zero attached hydrogens (tertiary/aromatic N) is 2. The lowest BCUT2D eigenvalue weighted by Crippen LogP contribution is -2.48. The molecule has 2 N–H and O–H groups in total. The van der Waals surface area contributed by atoms with Crippen molar-refractivity contribution >= 4 is 34.3 Å². The van der Waals surface area contributed by atoms with Gasteiger partial charge in [0, 0.05) is 17.1 Å². The van der Waals surface area contributed by atoms with Crippen molar-refractivity contribution in [3.8, 4) is 0 Å². The quantitative estimate of drug-likeness (QED) is 0.288. The van der Waals surface area contributed by atoms with Crippen molar-refractivity contribution in [3.63, 3.8) is 0 Å². The molecule has 2 heterocycles. The molecule has 2 amide bonds. The van der Waals surface area contributed by atoms with E-state index in [2.05, 4.69) is 45.9 Å². The summed E-state index contributed by atoms with van der Waals surface area (Å²) in [7, 11) is 0. The summed E-state index contributed by atoms with van der Waals surface area (Å²) in [6.07, 6.45) is 11.0. The molecule has 5 rings (SSSR count). The highest BCUT2D eigenvalue weighted by Gasteiger charge is 2.34. The first-order valence-electron chi connectivity index (χ1n) is 13.5. The largest absolute Gasteiger partial charge is 0.376 e. The average Bonchev–Trinajstić information content (AvgIpc) is 3.35. The van der Waals surface area contributed by atoms with Crippen LogP contribution in [0.15, 0.2) is 60.8 Å². The minimum absolute atomic E-state index is 0.00567. The first-order valence-corrected chi connectivity index (χ1v) is 14.3. The van der Waals surface area contributed by atoms with E-state index in [1.54, 1.807) is 22.4 Å². The number of pyridine rings is 1. The minimum atomic E-state index is -0.464. The Hall–Kier alpha value is -3.19. The SMILES string of the molecule is Cc1ncccc1N[C@@H](Cc1ccccc1)c1ccc(N(C=O)[C@@H](CC2CCCC2)C(=O)NC2CC2)s1. The fraction of sp³-hybridized carbons (Fsp3) is 0.433. The fourth-order valence-corrected chi connectivity index (χ4v) is 6.35. The van der Waals surface area contributed by atoms with Crippen LogP contribution in [0.25, 0.3) is 0 Å². The van der Waals surface area contributed by atoms with E-state index in [-0.39, 0.29) is 18.0 Å². The van der Waals surface area contributed by atoms with Crippen LogP contribution in [0.4, 0.5) is 10.7 Å². The van der Waals surface area contributed by atoms with Gasteiger partial charge in [-0.25, -0.2) is 0 Å². The number of anilines is 2. The molecule has 1 aromatic carbocycles. The molecule has 37 heavy (non-hydrogen) atoms. The number of aromatic nitrogens is 1. The van der Waals surface area contributed by atoms with Crippen LogP contribution in [0.5, 0.6) is 0 Å². The fourth-order valence-electron chi connectivity index (χ4n) is 5.28. The normalized spacial score (nSPS) is 17.2. The van der Waals surface area contributed by atoms with Crippen molar-refractivity contribution in [3.05, 3.63) is 76.9 Å². The Balaban J connectivity index is 1.41. The van der Waals surface area contributed by atoms with E-state index in [1.807, 2.05) is 31.2 Å². The van der Waals surface area contributed by atoms with Crippen LogP contribution in [0.3, 0.4) is 0 Å². The summed E-state index contributed by atoms with van der Waals surface area (Å²) in [5.74, 6) is 0.485. The van der Waals surface area contributed by atoms with Crippen LogP contribution < -0.4 is 15.5 Å². The van der Waals surface area contributed by atoms with Crippen LogP contribution >= 0.6 is 11.3 Å². The van der Waals surface area contributed by atoms with Gasteiger partial charge in [-0.1, -0.05) is 56.0 Å². The molecular weight excluding hydrogens is 480 g/mol. The van der Waals surface area contributed by atoms with Crippen molar-refractivity contribution < 1.29 is 9.59 Å². The van der Waals surface area contributed by atoms with Gasteiger partial charge in [-0.05, 0) is 68.4 Å². The number of hydrogen-bond donors (Lipinski definition) is 2. The Morgan fingerprint density at radius 2 is 1.86 bits per heavy atom. The van der Waals surface area contributed by atoms with Gasteiger partial charge in [-0.15, -0.1) is 11.3 Å². The van der Waals surface area contributed by atoms with Crippen molar-refractivity contribution in [1.29, 1.82) is 0 Å². The molecule has 6 nitrogen and oxygen atoms in total. The van der Waals surface area contributed by atoms with Crippen molar-refractivity contribution in [2.24, 2.45) is 5.92 Å². The van der Waals surface area contributed by atoms with Gasteiger partial charge in [0.05, 0.1) is 22.4 Å². The Morgan fingerprint density at radius 1 is 1.08 bits per heavy atom. The van der Waals surface area contributed by atoms with E-state index in [0.717, 1.165) is 66.2 Å². The van der Waals surface area contributed by atoms with Gasteiger partial charge in [0.2, 0.25) is 12.3 Å².